The highest BCUT2D eigenvalue weighted by molar-refractivity contribution is 5.87. The molecule has 0 spiro atoms. The fourth-order valence-electron chi connectivity index (χ4n) is 3.86. The minimum Gasteiger partial charge on any atom is -0.364 e. The van der Waals surface area contributed by atoms with Gasteiger partial charge in [0.1, 0.15) is 5.69 Å². The predicted molar refractivity (Wildman–Crippen MR) is 112 cm³/mol. The summed E-state index contributed by atoms with van der Waals surface area (Å²) in [5, 5.41) is 0. The molecule has 3 rings (SSSR count). The Morgan fingerprint density at radius 2 is 2.07 bits per heavy atom. The molecule has 0 aliphatic carbocycles. The van der Waals surface area contributed by atoms with Gasteiger partial charge in [-0.05, 0) is 56.0 Å². The highest BCUT2D eigenvalue weighted by Crippen LogP contribution is 2.25. The number of pyridine rings is 2. The van der Waals surface area contributed by atoms with Gasteiger partial charge in [0, 0.05) is 49.3 Å². The third-order valence-electron chi connectivity index (χ3n) is 5.44. The molecule has 1 fully saturated rings. The second-order valence-corrected chi connectivity index (χ2v) is 7.04. The highest BCUT2D eigenvalue weighted by atomic mass is 16.2. The first kappa shape index (κ1) is 19.9. The molecule has 6 nitrogen and oxygen atoms in total. The van der Waals surface area contributed by atoms with E-state index in [1.807, 2.05) is 23.2 Å². The molecule has 2 aromatic heterocycles. The first-order valence-corrected chi connectivity index (χ1v) is 9.93. The molecule has 0 aromatic carbocycles. The number of anilines is 1. The summed E-state index contributed by atoms with van der Waals surface area (Å²) < 4.78 is 0. The molecular formula is C22H28N4O2. The molecule has 1 N–H and O–H groups in total. The number of aromatic amines is 1. The van der Waals surface area contributed by atoms with Gasteiger partial charge >= 0.3 is 0 Å². The maximum absolute atomic E-state index is 12.6. The molecule has 1 aliphatic heterocycles. The van der Waals surface area contributed by atoms with Crippen molar-refractivity contribution in [2.45, 2.75) is 39.2 Å². The summed E-state index contributed by atoms with van der Waals surface area (Å²) in [6.45, 7) is 9.82. The molecule has 1 amide bonds. The van der Waals surface area contributed by atoms with Crippen molar-refractivity contribution in [3.63, 3.8) is 0 Å². The van der Waals surface area contributed by atoms with Crippen LogP contribution in [0.1, 0.15) is 32.4 Å². The van der Waals surface area contributed by atoms with Gasteiger partial charge in [0.15, 0.2) is 0 Å². The van der Waals surface area contributed by atoms with E-state index in [9.17, 15) is 9.59 Å². The maximum atomic E-state index is 12.6. The number of aryl methyl sites for hydroxylation is 1. The zero-order valence-electron chi connectivity index (χ0n) is 16.6. The van der Waals surface area contributed by atoms with Crippen LogP contribution in [0.5, 0.6) is 0 Å². The summed E-state index contributed by atoms with van der Waals surface area (Å²) in [4.78, 5) is 35.7. The smallest absolute Gasteiger partial charge is 0.271 e. The van der Waals surface area contributed by atoms with Crippen LogP contribution in [-0.4, -0.2) is 46.5 Å². The molecule has 2 aromatic rings. The number of likely N-dealkylation sites (tertiary alicyclic amines) is 1. The Kier molecular flexibility index (Phi) is 6.29. The summed E-state index contributed by atoms with van der Waals surface area (Å²) >= 11 is 0. The fraction of sp³-hybridized carbons (Fsp3) is 0.409. The average molecular weight is 380 g/mol. The van der Waals surface area contributed by atoms with Gasteiger partial charge in [0.2, 0.25) is 5.91 Å². The molecule has 0 unspecified atom stereocenters. The summed E-state index contributed by atoms with van der Waals surface area (Å²) in [6, 6.07) is 6.23. The minimum absolute atomic E-state index is 0.0224. The van der Waals surface area contributed by atoms with E-state index in [2.05, 4.69) is 41.4 Å². The fourth-order valence-corrected chi connectivity index (χ4v) is 3.86. The monoisotopic (exact) mass is 380 g/mol. The van der Waals surface area contributed by atoms with Crippen LogP contribution in [0.4, 0.5) is 5.69 Å². The van der Waals surface area contributed by atoms with Gasteiger partial charge in [0.25, 0.3) is 5.56 Å². The van der Waals surface area contributed by atoms with Crippen molar-refractivity contribution in [3.8, 4) is 11.1 Å². The topological polar surface area (TPSA) is 69.3 Å². The van der Waals surface area contributed by atoms with Crippen molar-refractivity contribution in [3.05, 3.63) is 59.3 Å². The van der Waals surface area contributed by atoms with Crippen LogP contribution >= 0.6 is 0 Å². The SMILES string of the molecule is C=CC(=O)N1CCC(N(CC)c2cc(-c3ccnc(CC)c3)c[nH]c2=O)CC1. The van der Waals surface area contributed by atoms with E-state index in [1.165, 1.54) is 6.08 Å². The third kappa shape index (κ3) is 4.16. The normalized spacial score (nSPS) is 14.7. The maximum Gasteiger partial charge on any atom is 0.271 e. The van der Waals surface area contributed by atoms with Crippen molar-refractivity contribution in [1.29, 1.82) is 0 Å². The van der Waals surface area contributed by atoms with Crippen molar-refractivity contribution < 1.29 is 4.79 Å². The molecular weight excluding hydrogens is 352 g/mol. The number of amides is 1. The van der Waals surface area contributed by atoms with Crippen LogP contribution in [-0.2, 0) is 11.2 Å². The molecule has 28 heavy (non-hydrogen) atoms. The number of carbonyl (C=O) groups excluding carboxylic acids is 1. The standard InChI is InChI=1S/C22H28N4O2/c1-4-18-13-16(7-10-23-18)17-14-20(22(28)24-15-17)26(6-3)19-8-11-25(12-9-19)21(27)5-2/h5,7,10,13-15,19H,2,4,6,8-9,11-12H2,1,3H3,(H,24,28). The summed E-state index contributed by atoms with van der Waals surface area (Å²) in [7, 11) is 0. The summed E-state index contributed by atoms with van der Waals surface area (Å²) in [5.41, 5.74) is 3.65. The molecule has 6 heteroatoms. The Morgan fingerprint density at radius 3 is 2.71 bits per heavy atom. The van der Waals surface area contributed by atoms with E-state index in [4.69, 9.17) is 0 Å². The Hall–Kier alpha value is -2.89. The molecule has 0 bridgehead atoms. The number of H-pyrrole nitrogens is 1. The Bertz CT molecular complexity index is 897. The minimum atomic E-state index is -0.0834. The average Bonchev–Trinajstić information content (AvgIpc) is 2.75. The molecule has 0 radical (unpaired) electrons. The first-order chi connectivity index (χ1) is 13.6. The van der Waals surface area contributed by atoms with E-state index in [-0.39, 0.29) is 17.5 Å². The number of hydrogen-bond acceptors (Lipinski definition) is 4. The molecule has 3 heterocycles. The van der Waals surface area contributed by atoms with Crippen molar-refractivity contribution in [1.82, 2.24) is 14.9 Å². The number of rotatable bonds is 6. The van der Waals surface area contributed by atoms with Crippen LogP contribution in [0.3, 0.4) is 0 Å². The van der Waals surface area contributed by atoms with Crippen LogP contribution in [0.25, 0.3) is 11.1 Å². The van der Waals surface area contributed by atoms with Gasteiger partial charge in [-0.1, -0.05) is 13.5 Å². The van der Waals surface area contributed by atoms with E-state index in [1.54, 1.807) is 6.20 Å². The van der Waals surface area contributed by atoms with Crippen molar-refractivity contribution in [2.75, 3.05) is 24.5 Å². The number of carbonyl (C=O) groups is 1. The number of aromatic nitrogens is 2. The molecule has 1 aliphatic rings. The van der Waals surface area contributed by atoms with Crippen LogP contribution in [0.2, 0.25) is 0 Å². The quantitative estimate of drug-likeness (QED) is 0.782. The molecule has 1 saturated heterocycles. The highest BCUT2D eigenvalue weighted by Gasteiger charge is 2.27. The Balaban J connectivity index is 1.86. The number of hydrogen-bond donors (Lipinski definition) is 1. The van der Waals surface area contributed by atoms with E-state index < -0.39 is 0 Å². The zero-order valence-corrected chi connectivity index (χ0v) is 16.6. The van der Waals surface area contributed by atoms with Gasteiger partial charge in [-0.2, -0.15) is 0 Å². The summed E-state index contributed by atoms with van der Waals surface area (Å²) in [6.07, 6.45) is 7.49. The second kappa shape index (κ2) is 8.87. The van der Waals surface area contributed by atoms with E-state index in [0.717, 1.165) is 42.6 Å². The number of nitrogens with zero attached hydrogens (tertiary/aromatic N) is 3. The second-order valence-electron chi connectivity index (χ2n) is 7.04. The van der Waals surface area contributed by atoms with Gasteiger partial charge in [-0.3, -0.25) is 14.6 Å². The van der Waals surface area contributed by atoms with Crippen LogP contribution < -0.4 is 10.5 Å². The molecule has 0 atom stereocenters. The van der Waals surface area contributed by atoms with Crippen molar-refractivity contribution in [2.24, 2.45) is 0 Å². The molecule has 148 valence electrons. The van der Waals surface area contributed by atoms with E-state index in [0.29, 0.717) is 18.8 Å². The first-order valence-electron chi connectivity index (χ1n) is 9.93. The van der Waals surface area contributed by atoms with Crippen LogP contribution in [0.15, 0.2) is 48.0 Å². The Morgan fingerprint density at radius 1 is 1.32 bits per heavy atom. The third-order valence-corrected chi connectivity index (χ3v) is 5.44. The van der Waals surface area contributed by atoms with Crippen LogP contribution in [0, 0.1) is 0 Å². The number of piperidine rings is 1. The number of nitrogens with one attached hydrogen (secondary N) is 1. The van der Waals surface area contributed by atoms with Gasteiger partial charge in [-0.15, -0.1) is 0 Å². The Labute approximate surface area is 165 Å². The van der Waals surface area contributed by atoms with E-state index >= 15 is 0 Å². The van der Waals surface area contributed by atoms with Crippen molar-refractivity contribution >= 4 is 11.6 Å². The zero-order chi connectivity index (χ0) is 20.1. The predicted octanol–water partition coefficient (Wildman–Crippen LogP) is 3.00. The molecule has 0 saturated carbocycles. The largest absolute Gasteiger partial charge is 0.364 e. The lowest BCUT2D eigenvalue weighted by Gasteiger charge is -2.38. The lowest BCUT2D eigenvalue weighted by Crippen LogP contribution is -2.47. The van der Waals surface area contributed by atoms with Gasteiger partial charge < -0.3 is 14.8 Å². The van der Waals surface area contributed by atoms with Gasteiger partial charge in [-0.25, -0.2) is 0 Å². The lowest BCUT2D eigenvalue weighted by molar-refractivity contribution is -0.127. The lowest BCUT2D eigenvalue weighted by atomic mass is 10.0. The summed E-state index contributed by atoms with van der Waals surface area (Å²) in [5.74, 6) is -0.0224. The van der Waals surface area contributed by atoms with Gasteiger partial charge in [0.05, 0.1) is 0 Å².